The molecule has 0 radical (unpaired) electrons. The van der Waals surface area contributed by atoms with Crippen molar-refractivity contribution < 1.29 is 0 Å². The number of halogens is 2. The molecule has 0 atom stereocenters. The zero-order chi connectivity index (χ0) is 10.9. The van der Waals surface area contributed by atoms with Crippen molar-refractivity contribution in [3.8, 4) is 0 Å². The molecule has 13 heavy (non-hydrogen) atoms. The van der Waals surface area contributed by atoms with Gasteiger partial charge in [-0.3, -0.25) is 0 Å². The molecular weight excluding hydrogens is 292 g/mol. The van der Waals surface area contributed by atoms with Gasteiger partial charge in [-0.15, -0.1) is 0 Å². The molecule has 0 amide bonds. The van der Waals surface area contributed by atoms with Gasteiger partial charge in [0.05, 0.1) is 0 Å². The van der Waals surface area contributed by atoms with Crippen LogP contribution in [0.3, 0.4) is 0 Å². The van der Waals surface area contributed by atoms with Crippen molar-refractivity contribution in [2.24, 2.45) is 5.41 Å². The molecule has 0 nitrogen and oxygen atoms in total. The van der Waals surface area contributed by atoms with E-state index >= 15 is 0 Å². The normalized spacial score (nSPS) is 14.8. The highest BCUT2D eigenvalue weighted by Gasteiger charge is 2.31. The summed E-state index contributed by atoms with van der Waals surface area (Å²) in [7, 11) is 0. The lowest BCUT2D eigenvalue weighted by Crippen LogP contribution is -2.28. The highest BCUT2D eigenvalue weighted by molar-refractivity contribution is 9.10. The summed E-state index contributed by atoms with van der Waals surface area (Å²) >= 11 is 7.41. The quantitative estimate of drug-likeness (QED) is 0.630. The second kappa shape index (κ2) is 4.22. The van der Waals surface area contributed by atoms with Gasteiger partial charge in [0, 0.05) is 8.65 Å². The maximum atomic E-state index is 3.71. The number of hydrogen-bond acceptors (Lipinski definition) is 0. The lowest BCUT2D eigenvalue weighted by Gasteiger charge is -2.35. The summed E-state index contributed by atoms with van der Waals surface area (Å²) in [5.74, 6) is 0. The molecule has 0 saturated heterocycles. The van der Waals surface area contributed by atoms with E-state index in [-0.39, 0.29) is 8.65 Å². The number of hydrogen-bond donors (Lipinski definition) is 0. The van der Waals surface area contributed by atoms with Crippen LogP contribution in [0.2, 0.25) is 0 Å². The van der Waals surface area contributed by atoms with E-state index < -0.39 is 0 Å². The molecule has 0 aromatic rings. The van der Waals surface area contributed by atoms with Crippen molar-refractivity contribution in [2.75, 3.05) is 0 Å². The molecule has 0 aliphatic carbocycles. The van der Waals surface area contributed by atoms with Gasteiger partial charge in [0.25, 0.3) is 0 Å². The summed E-state index contributed by atoms with van der Waals surface area (Å²) < 4.78 is 0.490. The molecule has 0 bridgehead atoms. The Labute approximate surface area is 100 Å². The minimum Gasteiger partial charge on any atom is -0.0859 e. The molecule has 0 heterocycles. The Morgan fingerprint density at radius 3 is 1.08 bits per heavy atom. The monoisotopic (exact) mass is 312 g/mol. The van der Waals surface area contributed by atoms with E-state index in [1.165, 1.54) is 12.8 Å². The molecule has 0 fully saturated rings. The maximum Gasteiger partial charge on any atom is 0.0206 e. The third-order valence-electron chi connectivity index (χ3n) is 1.80. The van der Waals surface area contributed by atoms with Crippen molar-refractivity contribution >= 4 is 31.9 Å². The van der Waals surface area contributed by atoms with E-state index in [2.05, 4.69) is 73.4 Å². The molecular formula is C11H22Br2. The minimum absolute atomic E-state index is 0.245. The first kappa shape index (κ1) is 14.0. The van der Waals surface area contributed by atoms with Crippen LogP contribution in [0.5, 0.6) is 0 Å². The van der Waals surface area contributed by atoms with E-state index in [1.54, 1.807) is 0 Å². The van der Waals surface area contributed by atoms with Crippen molar-refractivity contribution in [2.45, 2.75) is 63.0 Å². The molecule has 2 heteroatoms. The van der Waals surface area contributed by atoms with Gasteiger partial charge in [-0.2, -0.15) is 0 Å². The van der Waals surface area contributed by atoms with Crippen LogP contribution in [0.25, 0.3) is 0 Å². The summed E-state index contributed by atoms with van der Waals surface area (Å²) in [6, 6.07) is 0. The molecule has 0 saturated carbocycles. The highest BCUT2D eigenvalue weighted by Crippen LogP contribution is 2.41. The molecule has 0 aliphatic rings. The molecule has 0 aromatic heterocycles. The molecule has 0 N–H and O–H groups in total. The van der Waals surface area contributed by atoms with Crippen LogP contribution in [0.15, 0.2) is 0 Å². The first-order chi connectivity index (χ1) is 5.41. The largest absolute Gasteiger partial charge is 0.0859 e. The predicted octanol–water partition coefficient (Wildman–Crippen LogP) is 5.14. The standard InChI is InChI=1S/C11H22Br2/c1-9(2,7-10(3,4)12)8-11(5,6)13/h7-8H2,1-6H3. The van der Waals surface area contributed by atoms with E-state index in [1.807, 2.05) is 0 Å². The van der Waals surface area contributed by atoms with Gasteiger partial charge in [-0.05, 0) is 18.3 Å². The van der Waals surface area contributed by atoms with Gasteiger partial charge in [-0.25, -0.2) is 0 Å². The Bertz CT molecular complexity index is 140. The van der Waals surface area contributed by atoms with E-state index in [4.69, 9.17) is 0 Å². The van der Waals surface area contributed by atoms with Gasteiger partial charge in [0.1, 0.15) is 0 Å². The van der Waals surface area contributed by atoms with E-state index in [0.29, 0.717) is 5.41 Å². The van der Waals surface area contributed by atoms with Crippen LogP contribution in [-0.2, 0) is 0 Å². The summed E-state index contributed by atoms with van der Waals surface area (Å²) in [5, 5.41) is 0. The average Bonchev–Trinajstić information content (AvgIpc) is 1.43. The lowest BCUT2D eigenvalue weighted by molar-refractivity contribution is 0.261. The maximum absolute atomic E-state index is 3.71. The van der Waals surface area contributed by atoms with E-state index in [9.17, 15) is 0 Å². The lowest BCUT2D eigenvalue weighted by atomic mass is 9.77. The Morgan fingerprint density at radius 2 is 0.923 bits per heavy atom. The van der Waals surface area contributed by atoms with Crippen LogP contribution in [-0.4, -0.2) is 8.65 Å². The number of rotatable bonds is 4. The number of alkyl halides is 2. The van der Waals surface area contributed by atoms with Crippen LogP contribution in [0.1, 0.15) is 54.4 Å². The van der Waals surface area contributed by atoms with Crippen LogP contribution >= 0.6 is 31.9 Å². The average molecular weight is 314 g/mol. The predicted molar refractivity (Wildman–Crippen MR) is 69.0 cm³/mol. The van der Waals surface area contributed by atoms with Crippen molar-refractivity contribution in [1.29, 1.82) is 0 Å². The zero-order valence-corrected chi connectivity index (χ0v) is 12.8. The second-order valence-corrected chi connectivity index (χ2v) is 10.2. The topological polar surface area (TPSA) is 0 Å². The first-order valence-electron chi connectivity index (χ1n) is 4.79. The van der Waals surface area contributed by atoms with Crippen molar-refractivity contribution in [1.82, 2.24) is 0 Å². The minimum atomic E-state index is 0.245. The molecule has 0 aromatic carbocycles. The molecule has 0 spiro atoms. The second-order valence-electron chi connectivity index (χ2n) is 5.96. The summed E-state index contributed by atoms with van der Waals surface area (Å²) in [6.07, 6.45) is 2.38. The fourth-order valence-electron chi connectivity index (χ4n) is 2.34. The Balaban J connectivity index is 4.25. The fraction of sp³-hybridized carbons (Fsp3) is 1.00. The van der Waals surface area contributed by atoms with Crippen LogP contribution in [0, 0.1) is 5.41 Å². The molecule has 80 valence electrons. The third kappa shape index (κ3) is 9.27. The highest BCUT2D eigenvalue weighted by atomic mass is 79.9. The van der Waals surface area contributed by atoms with E-state index in [0.717, 1.165) is 0 Å². The zero-order valence-electron chi connectivity index (χ0n) is 9.67. The Kier molecular flexibility index (Phi) is 4.53. The summed E-state index contributed by atoms with van der Waals surface area (Å²) in [6.45, 7) is 13.6. The fourth-order valence-corrected chi connectivity index (χ4v) is 3.86. The molecule has 0 rings (SSSR count). The smallest absolute Gasteiger partial charge is 0.0206 e. The van der Waals surface area contributed by atoms with Crippen LogP contribution in [0.4, 0.5) is 0 Å². The Hall–Kier alpha value is 0.960. The van der Waals surface area contributed by atoms with Gasteiger partial charge in [-0.1, -0.05) is 73.4 Å². The van der Waals surface area contributed by atoms with Gasteiger partial charge in [0.2, 0.25) is 0 Å². The van der Waals surface area contributed by atoms with Gasteiger partial charge < -0.3 is 0 Å². The summed E-state index contributed by atoms with van der Waals surface area (Å²) in [5.41, 5.74) is 0.375. The third-order valence-corrected chi connectivity index (χ3v) is 2.36. The van der Waals surface area contributed by atoms with Crippen molar-refractivity contribution in [3.05, 3.63) is 0 Å². The first-order valence-corrected chi connectivity index (χ1v) is 6.38. The van der Waals surface area contributed by atoms with Gasteiger partial charge >= 0.3 is 0 Å². The molecule has 0 aliphatic heterocycles. The molecule has 0 unspecified atom stereocenters. The van der Waals surface area contributed by atoms with Crippen LogP contribution < -0.4 is 0 Å². The Morgan fingerprint density at radius 1 is 0.692 bits per heavy atom. The van der Waals surface area contributed by atoms with Gasteiger partial charge in [0.15, 0.2) is 0 Å². The SMILES string of the molecule is CC(C)(Br)CC(C)(C)CC(C)(C)Br. The van der Waals surface area contributed by atoms with Crippen molar-refractivity contribution in [3.63, 3.8) is 0 Å². The summed E-state index contributed by atoms with van der Waals surface area (Å²) in [4.78, 5) is 0.